The monoisotopic (exact) mass is 257 g/mol. The molecule has 0 spiro atoms. The number of benzene rings is 1. The maximum atomic E-state index is 12.2. The molecule has 2 aromatic rings. The maximum absolute atomic E-state index is 12.2. The second-order valence-corrected chi connectivity index (χ2v) is 5.37. The van der Waals surface area contributed by atoms with Crippen LogP contribution in [0.2, 0.25) is 0 Å². The molecule has 19 heavy (non-hydrogen) atoms. The van der Waals surface area contributed by atoms with Crippen molar-refractivity contribution in [3.05, 3.63) is 36.0 Å². The Morgan fingerprint density at radius 2 is 2.11 bits per heavy atom. The number of amides is 1. The number of aryl methyl sites for hydroxylation is 1. The van der Waals surface area contributed by atoms with Crippen LogP contribution in [0.5, 0.6) is 0 Å². The number of carbonyl (C=O) groups excluding carboxylic acids is 1. The second-order valence-electron chi connectivity index (χ2n) is 5.37. The third-order valence-electron chi connectivity index (χ3n) is 3.34. The first-order valence-corrected chi connectivity index (χ1v) is 6.31. The number of aromatic nitrogens is 1. The van der Waals surface area contributed by atoms with Gasteiger partial charge in [-0.2, -0.15) is 0 Å². The largest absolute Gasteiger partial charge is 0.329 e. The molecule has 0 aliphatic heterocycles. The van der Waals surface area contributed by atoms with E-state index in [1.54, 1.807) is 6.20 Å². The number of nitrogens with zero attached hydrogens (tertiary/aromatic N) is 1. The van der Waals surface area contributed by atoms with Crippen LogP contribution in [-0.4, -0.2) is 17.4 Å². The first-order valence-electron chi connectivity index (χ1n) is 6.31. The zero-order chi connectivity index (χ0) is 14.0. The van der Waals surface area contributed by atoms with Crippen LogP contribution in [0.15, 0.2) is 30.5 Å². The molecule has 0 aliphatic carbocycles. The molecular formula is C15H19N3O. The van der Waals surface area contributed by atoms with E-state index in [0.717, 1.165) is 22.2 Å². The van der Waals surface area contributed by atoms with Gasteiger partial charge in [0, 0.05) is 18.1 Å². The van der Waals surface area contributed by atoms with E-state index < -0.39 is 5.41 Å². The fourth-order valence-corrected chi connectivity index (χ4v) is 1.81. The molecule has 1 heterocycles. The van der Waals surface area contributed by atoms with Gasteiger partial charge in [-0.15, -0.1) is 0 Å². The lowest BCUT2D eigenvalue weighted by molar-refractivity contribution is -0.123. The number of nitrogens with one attached hydrogen (secondary N) is 1. The molecule has 0 radical (unpaired) electrons. The second kappa shape index (κ2) is 4.97. The SMILES string of the molecule is Cc1ccc(NC(=O)C(C)(C)CN)c2cccnc12. The Morgan fingerprint density at radius 3 is 2.79 bits per heavy atom. The molecular weight excluding hydrogens is 238 g/mol. The first kappa shape index (κ1) is 13.5. The van der Waals surface area contributed by atoms with E-state index >= 15 is 0 Å². The van der Waals surface area contributed by atoms with Crippen LogP contribution in [0.3, 0.4) is 0 Å². The molecule has 0 saturated carbocycles. The summed E-state index contributed by atoms with van der Waals surface area (Å²) in [5.74, 6) is -0.0796. The number of rotatable bonds is 3. The molecule has 1 aromatic carbocycles. The molecule has 100 valence electrons. The highest BCUT2D eigenvalue weighted by molar-refractivity contribution is 6.03. The van der Waals surface area contributed by atoms with Gasteiger partial charge >= 0.3 is 0 Å². The van der Waals surface area contributed by atoms with Gasteiger partial charge in [0.05, 0.1) is 16.6 Å². The Labute approximate surface area is 113 Å². The molecule has 0 fully saturated rings. The number of hydrogen-bond donors (Lipinski definition) is 2. The Balaban J connectivity index is 2.42. The van der Waals surface area contributed by atoms with E-state index in [-0.39, 0.29) is 5.91 Å². The smallest absolute Gasteiger partial charge is 0.231 e. The lowest BCUT2D eigenvalue weighted by atomic mass is 9.92. The van der Waals surface area contributed by atoms with E-state index in [1.165, 1.54) is 0 Å². The van der Waals surface area contributed by atoms with Crippen LogP contribution in [0.4, 0.5) is 5.69 Å². The highest BCUT2D eigenvalue weighted by atomic mass is 16.2. The van der Waals surface area contributed by atoms with Crippen LogP contribution < -0.4 is 11.1 Å². The Kier molecular flexibility index (Phi) is 3.53. The van der Waals surface area contributed by atoms with Gasteiger partial charge in [-0.1, -0.05) is 6.07 Å². The van der Waals surface area contributed by atoms with Gasteiger partial charge in [0.15, 0.2) is 0 Å². The van der Waals surface area contributed by atoms with Crippen molar-refractivity contribution in [2.45, 2.75) is 20.8 Å². The average Bonchev–Trinajstić information content (AvgIpc) is 2.42. The predicted molar refractivity (Wildman–Crippen MR) is 77.9 cm³/mol. The predicted octanol–water partition coefficient (Wildman–Crippen LogP) is 2.47. The molecule has 3 N–H and O–H groups in total. The zero-order valence-corrected chi connectivity index (χ0v) is 11.5. The minimum absolute atomic E-state index is 0.0796. The minimum atomic E-state index is -0.584. The van der Waals surface area contributed by atoms with Crippen molar-refractivity contribution >= 4 is 22.5 Å². The number of pyridine rings is 1. The third-order valence-corrected chi connectivity index (χ3v) is 3.34. The molecule has 1 amide bonds. The Bertz CT molecular complexity index is 620. The lowest BCUT2D eigenvalue weighted by Crippen LogP contribution is -2.37. The van der Waals surface area contributed by atoms with Crippen molar-refractivity contribution in [2.75, 3.05) is 11.9 Å². The van der Waals surface area contributed by atoms with Gasteiger partial charge < -0.3 is 11.1 Å². The molecule has 0 bridgehead atoms. The highest BCUT2D eigenvalue weighted by Crippen LogP contribution is 2.26. The summed E-state index contributed by atoms with van der Waals surface area (Å²) in [5, 5.41) is 3.89. The third kappa shape index (κ3) is 2.58. The summed E-state index contributed by atoms with van der Waals surface area (Å²) in [6.45, 7) is 5.97. The molecule has 0 aliphatic rings. The molecule has 0 atom stereocenters. The summed E-state index contributed by atoms with van der Waals surface area (Å²) in [7, 11) is 0. The van der Waals surface area contributed by atoms with Crippen LogP contribution in [0.1, 0.15) is 19.4 Å². The highest BCUT2D eigenvalue weighted by Gasteiger charge is 2.26. The normalized spacial score (nSPS) is 11.6. The molecule has 4 heteroatoms. The van der Waals surface area contributed by atoms with Crippen LogP contribution in [-0.2, 0) is 4.79 Å². The number of hydrogen-bond acceptors (Lipinski definition) is 3. The quantitative estimate of drug-likeness (QED) is 0.887. The number of fused-ring (bicyclic) bond motifs is 1. The van der Waals surface area contributed by atoms with Gasteiger partial charge in [0.25, 0.3) is 0 Å². The summed E-state index contributed by atoms with van der Waals surface area (Å²) in [5.41, 5.74) is 7.82. The fraction of sp³-hybridized carbons (Fsp3) is 0.333. The summed E-state index contributed by atoms with van der Waals surface area (Å²) in [6, 6.07) is 7.69. The number of anilines is 1. The average molecular weight is 257 g/mol. The van der Waals surface area contributed by atoms with Crippen molar-refractivity contribution in [3.63, 3.8) is 0 Å². The Morgan fingerprint density at radius 1 is 1.37 bits per heavy atom. The zero-order valence-electron chi connectivity index (χ0n) is 11.5. The van der Waals surface area contributed by atoms with Crippen molar-refractivity contribution in [1.29, 1.82) is 0 Å². The van der Waals surface area contributed by atoms with Gasteiger partial charge in [0.1, 0.15) is 0 Å². The molecule has 0 unspecified atom stereocenters. The summed E-state index contributed by atoms with van der Waals surface area (Å²) in [6.07, 6.45) is 1.75. The van der Waals surface area contributed by atoms with Crippen LogP contribution >= 0.6 is 0 Å². The molecule has 4 nitrogen and oxygen atoms in total. The van der Waals surface area contributed by atoms with Crippen molar-refractivity contribution in [3.8, 4) is 0 Å². The van der Waals surface area contributed by atoms with E-state index in [4.69, 9.17) is 5.73 Å². The van der Waals surface area contributed by atoms with Crippen molar-refractivity contribution < 1.29 is 4.79 Å². The maximum Gasteiger partial charge on any atom is 0.231 e. The van der Waals surface area contributed by atoms with Gasteiger partial charge in [-0.3, -0.25) is 9.78 Å². The van der Waals surface area contributed by atoms with Gasteiger partial charge in [0.2, 0.25) is 5.91 Å². The molecule has 2 rings (SSSR count). The molecule has 1 aromatic heterocycles. The van der Waals surface area contributed by atoms with Gasteiger partial charge in [-0.25, -0.2) is 0 Å². The van der Waals surface area contributed by atoms with E-state index in [2.05, 4.69) is 10.3 Å². The van der Waals surface area contributed by atoms with Crippen LogP contribution in [0.25, 0.3) is 10.9 Å². The fourth-order valence-electron chi connectivity index (χ4n) is 1.81. The minimum Gasteiger partial charge on any atom is -0.329 e. The lowest BCUT2D eigenvalue weighted by Gasteiger charge is -2.22. The Hall–Kier alpha value is -1.94. The first-order chi connectivity index (χ1) is 8.95. The summed E-state index contributed by atoms with van der Waals surface area (Å²) < 4.78 is 0. The van der Waals surface area contributed by atoms with E-state index in [1.807, 2.05) is 45.0 Å². The van der Waals surface area contributed by atoms with Crippen LogP contribution in [0, 0.1) is 12.3 Å². The van der Waals surface area contributed by atoms with Crippen molar-refractivity contribution in [2.24, 2.45) is 11.1 Å². The van der Waals surface area contributed by atoms with E-state index in [0.29, 0.717) is 6.54 Å². The molecule has 0 saturated heterocycles. The summed E-state index contributed by atoms with van der Waals surface area (Å²) >= 11 is 0. The standard InChI is InChI=1S/C15H19N3O/c1-10-6-7-12(11-5-4-8-17-13(10)11)18-14(19)15(2,3)9-16/h4-8H,9,16H2,1-3H3,(H,18,19). The number of carbonyl (C=O) groups is 1. The van der Waals surface area contributed by atoms with Crippen molar-refractivity contribution in [1.82, 2.24) is 4.98 Å². The number of nitrogens with two attached hydrogens (primary N) is 1. The van der Waals surface area contributed by atoms with E-state index in [9.17, 15) is 4.79 Å². The van der Waals surface area contributed by atoms with Gasteiger partial charge in [-0.05, 0) is 44.5 Å². The summed E-state index contributed by atoms with van der Waals surface area (Å²) in [4.78, 5) is 16.5. The topological polar surface area (TPSA) is 68.0 Å².